The molecule has 1 N–H and O–H groups in total. The molecule has 0 saturated heterocycles. The first-order valence-corrected chi connectivity index (χ1v) is 8.36. The molecule has 5 heteroatoms. The fourth-order valence-electron chi connectivity index (χ4n) is 3.39. The summed E-state index contributed by atoms with van der Waals surface area (Å²) in [7, 11) is 0. The van der Waals surface area contributed by atoms with Crippen molar-refractivity contribution >= 4 is 33.4 Å². The minimum Gasteiger partial charge on any atom is -0.352 e. The Kier molecular flexibility index (Phi) is 4.08. The molecule has 0 bridgehead atoms. The van der Waals surface area contributed by atoms with Crippen LogP contribution in [0.5, 0.6) is 0 Å². The molecule has 1 saturated carbocycles. The minimum absolute atomic E-state index is 0.0664. The highest BCUT2D eigenvalue weighted by Gasteiger charge is 2.48. The Labute approximate surface area is 138 Å². The summed E-state index contributed by atoms with van der Waals surface area (Å²) in [6.45, 7) is 4.52. The van der Waals surface area contributed by atoms with Crippen molar-refractivity contribution in [1.82, 2.24) is 5.32 Å². The summed E-state index contributed by atoms with van der Waals surface area (Å²) < 4.78 is 1.06. The third-order valence-electron chi connectivity index (χ3n) is 4.72. The quantitative estimate of drug-likeness (QED) is 0.837. The zero-order valence-corrected chi connectivity index (χ0v) is 14.0. The van der Waals surface area contributed by atoms with Crippen molar-refractivity contribution in [3.8, 4) is 0 Å². The molecule has 4 nitrogen and oxygen atoms in total. The van der Waals surface area contributed by atoms with Crippen LogP contribution < -0.4 is 10.2 Å². The summed E-state index contributed by atoms with van der Waals surface area (Å²) in [4.78, 5) is 25.6. The topological polar surface area (TPSA) is 49.4 Å². The van der Waals surface area contributed by atoms with Gasteiger partial charge in [-0.25, -0.2) is 0 Å². The molecule has 0 aromatic heterocycles. The average molecular weight is 363 g/mol. The van der Waals surface area contributed by atoms with Crippen molar-refractivity contribution < 1.29 is 9.59 Å². The smallest absolute Gasteiger partial charge is 0.243 e. The molecular weight excluding hydrogens is 344 g/mol. The van der Waals surface area contributed by atoms with Crippen LogP contribution in [0.1, 0.15) is 31.2 Å². The van der Waals surface area contributed by atoms with Gasteiger partial charge >= 0.3 is 0 Å². The molecular formula is C17H19BrN2O2. The highest BCUT2D eigenvalue weighted by molar-refractivity contribution is 9.10. The number of anilines is 1. The molecule has 1 spiro atoms. The lowest BCUT2D eigenvalue weighted by Crippen LogP contribution is -2.42. The van der Waals surface area contributed by atoms with Gasteiger partial charge in [-0.05, 0) is 42.7 Å². The first-order valence-electron chi connectivity index (χ1n) is 7.56. The van der Waals surface area contributed by atoms with Crippen LogP contribution in [0.3, 0.4) is 0 Å². The van der Waals surface area contributed by atoms with E-state index in [0.29, 0.717) is 13.0 Å². The molecule has 1 aromatic rings. The summed E-state index contributed by atoms with van der Waals surface area (Å²) in [6, 6.07) is 6.16. The molecule has 1 aromatic carbocycles. The number of fused-ring (bicyclic) bond motifs is 2. The molecule has 0 radical (unpaired) electrons. The molecule has 116 valence electrons. The lowest BCUT2D eigenvalue weighted by Gasteiger charge is -2.39. The molecule has 22 heavy (non-hydrogen) atoms. The fourth-order valence-corrected chi connectivity index (χ4v) is 3.76. The van der Waals surface area contributed by atoms with E-state index < -0.39 is 0 Å². The normalized spacial score (nSPS) is 17.8. The van der Waals surface area contributed by atoms with Crippen molar-refractivity contribution in [2.75, 3.05) is 18.0 Å². The number of rotatable bonds is 4. The highest BCUT2D eigenvalue weighted by atomic mass is 79.9. The molecule has 1 fully saturated rings. The van der Waals surface area contributed by atoms with Gasteiger partial charge in [0.15, 0.2) is 0 Å². The number of benzene rings is 1. The molecule has 1 heterocycles. The number of nitrogens with one attached hydrogen (secondary N) is 1. The van der Waals surface area contributed by atoms with E-state index in [9.17, 15) is 9.59 Å². The minimum atomic E-state index is -0.242. The largest absolute Gasteiger partial charge is 0.352 e. The van der Waals surface area contributed by atoms with Crippen LogP contribution in [0.25, 0.3) is 0 Å². The Morgan fingerprint density at radius 3 is 2.82 bits per heavy atom. The molecule has 2 amide bonds. The summed E-state index contributed by atoms with van der Waals surface area (Å²) in [5.41, 5.74) is 2.47. The number of amides is 2. The summed E-state index contributed by atoms with van der Waals surface area (Å²) in [5.74, 6) is -0.175. The van der Waals surface area contributed by atoms with Crippen LogP contribution in [0.2, 0.25) is 0 Å². The van der Waals surface area contributed by atoms with E-state index in [1.165, 1.54) is 18.1 Å². The number of carbonyl (C=O) groups is 2. The predicted octanol–water partition coefficient (Wildman–Crippen LogP) is 2.91. The maximum atomic E-state index is 12.5. The molecule has 2 aliphatic rings. The molecule has 1 aliphatic heterocycles. The first-order chi connectivity index (χ1) is 10.6. The van der Waals surface area contributed by atoms with Gasteiger partial charge < -0.3 is 10.2 Å². The van der Waals surface area contributed by atoms with Crippen molar-refractivity contribution in [3.63, 3.8) is 0 Å². The van der Waals surface area contributed by atoms with Crippen LogP contribution in [-0.4, -0.2) is 24.9 Å². The van der Waals surface area contributed by atoms with Crippen LogP contribution >= 0.6 is 15.9 Å². The fraction of sp³-hybridized carbons (Fsp3) is 0.412. The van der Waals surface area contributed by atoms with Crippen LogP contribution in [0, 0.1) is 0 Å². The summed E-state index contributed by atoms with van der Waals surface area (Å²) in [5, 5.41) is 2.66. The second-order valence-electron chi connectivity index (χ2n) is 6.02. The van der Waals surface area contributed by atoms with Gasteiger partial charge in [0.05, 0.1) is 0 Å². The number of hydrogen-bond acceptors (Lipinski definition) is 2. The Morgan fingerprint density at radius 2 is 2.18 bits per heavy atom. The van der Waals surface area contributed by atoms with Gasteiger partial charge in [0.25, 0.3) is 0 Å². The monoisotopic (exact) mass is 362 g/mol. The maximum Gasteiger partial charge on any atom is 0.243 e. The third-order valence-corrected chi connectivity index (χ3v) is 5.21. The van der Waals surface area contributed by atoms with Gasteiger partial charge in [-0.3, -0.25) is 9.59 Å². The Morgan fingerprint density at radius 1 is 1.41 bits per heavy atom. The van der Waals surface area contributed by atoms with E-state index >= 15 is 0 Å². The Bertz CT molecular complexity index is 638. The Hall–Kier alpha value is -1.62. The van der Waals surface area contributed by atoms with Crippen molar-refractivity contribution in [3.05, 3.63) is 40.9 Å². The van der Waals surface area contributed by atoms with Gasteiger partial charge in [-0.1, -0.05) is 28.9 Å². The second-order valence-corrected chi connectivity index (χ2v) is 6.94. The highest BCUT2D eigenvalue weighted by Crippen LogP contribution is 2.53. The average Bonchev–Trinajstić information content (AvgIpc) is 2.81. The third kappa shape index (κ3) is 2.58. The maximum absolute atomic E-state index is 12.5. The van der Waals surface area contributed by atoms with Crippen molar-refractivity contribution in [2.45, 2.75) is 31.1 Å². The number of nitrogens with zero attached hydrogens (tertiary/aromatic N) is 1. The zero-order chi connectivity index (χ0) is 15.7. The number of carbonyl (C=O) groups excluding carboxylic acids is 2. The van der Waals surface area contributed by atoms with Crippen LogP contribution in [0.15, 0.2) is 35.3 Å². The molecule has 3 rings (SSSR count). The van der Waals surface area contributed by atoms with E-state index in [0.717, 1.165) is 29.5 Å². The standard InChI is InChI=1S/C17H19BrN2O2/c1-2-15(21)19-9-6-16(22)20-11-17(7-3-8-17)13-10-12(18)4-5-14(13)20/h2,4-5,10H,1,3,6-9,11H2,(H,19,21). The lowest BCUT2D eigenvalue weighted by molar-refractivity contribution is -0.119. The SMILES string of the molecule is C=CC(=O)NCCC(=O)N1CC2(CCC2)c2cc(Br)ccc21. The number of hydrogen-bond donors (Lipinski definition) is 1. The summed E-state index contributed by atoms with van der Waals surface area (Å²) in [6.07, 6.45) is 5.05. The molecule has 1 aliphatic carbocycles. The first kappa shape index (κ1) is 15.3. The van der Waals surface area contributed by atoms with E-state index in [1.807, 2.05) is 17.0 Å². The van der Waals surface area contributed by atoms with Crippen LogP contribution in [-0.2, 0) is 15.0 Å². The lowest BCUT2D eigenvalue weighted by atomic mass is 9.66. The van der Waals surface area contributed by atoms with Gasteiger partial charge in [0, 0.05) is 35.1 Å². The molecule has 0 unspecified atom stereocenters. The second kappa shape index (κ2) is 5.88. The van der Waals surface area contributed by atoms with E-state index in [1.54, 1.807) is 0 Å². The van der Waals surface area contributed by atoms with Gasteiger partial charge in [0.1, 0.15) is 0 Å². The van der Waals surface area contributed by atoms with Crippen molar-refractivity contribution in [2.24, 2.45) is 0 Å². The zero-order valence-electron chi connectivity index (χ0n) is 12.4. The van der Waals surface area contributed by atoms with Gasteiger partial charge in [0.2, 0.25) is 11.8 Å². The molecule has 0 atom stereocenters. The van der Waals surface area contributed by atoms with E-state index in [-0.39, 0.29) is 17.2 Å². The van der Waals surface area contributed by atoms with Crippen LogP contribution in [0.4, 0.5) is 5.69 Å². The Balaban J connectivity index is 1.74. The van der Waals surface area contributed by atoms with E-state index in [2.05, 4.69) is 33.9 Å². The summed E-state index contributed by atoms with van der Waals surface area (Å²) >= 11 is 3.53. The number of halogens is 1. The predicted molar refractivity (Wildman–Crippen MR) is 89.8 cm³/mol. The van der Waals surface area contributed by atoms with Crippen molar-refractivity contribution in [1.29, 1.82) is 0 Å². The van der Waals surface area contributed by atoms with Gasteiger partial charge in [-0.15, -0.1) is 0 Å². The van der Waals surface area contributed by atoms with Gasteiger partial charge in [-0.2, -0.15) is 0 Å². The van der Waals surface area contributed by atoms with E-state index in [4.69, 9.17) is 0 Å².